The SMILES string of the molecule is O=C(NC1(C(F)F)CCCCC1)c1cn2c(n1)COCC2. The second-order valence-corrected chi connectivity index (χ2v) is 5.76. The zero-order chi connectivity index (χ0) is 14.9. The second kappa shape index (κ2) is 5.71. The minimum atomic E-state index is -2.55. The van der Waals surface area contributed by atoms with E-state index in [1.165, 1.54) is 0 Å². The molecule has 1 aromatic heterocycles. The monoisotopic (exact) mass is 299 g/mol. The first-order valence-corrected chi connectivity index (χ1v) is 7.35. The lowest BCUT2D eigenvalue weighted by Crippen LogP contribution is -2.55. The number of hydrogen-bond donors (Lipinski definition) is 1. The summed E-state index contributed by atoms with van der Waals surface area (Å²) in [7, 11) is 0. The summed E-state index contributed by atoms with van der Waals surface area (Å²) < 4.78 is 33.9. The molecule has 21 heavy (non-hydrogen) atoms. The Kier molecular flexibility index (Phi) is 3.93. The van der Waals surface area contributed by atoms with Crippen LogP contribution in [0.2, 0.25) is 0 Å². The minimum absolute atomic E-state index is 0.195. The highest BCUT2D eigenvalue weighted by Crippen LogP contribution is 2.33. The number of carbonyl (C=O) groups is 1. The Hall–Kier alpha value is -1.50. The number of alkyl halides is 2. The average molecular weight is 299 g/mol. The largest absolute Gasteiger partial charge is 0.372 e. The van der Waals surface area contributed by atoms with Gasteiger partial charge in [0.25, 0.3) is 12.3 Å². The van der Waals surface area contributed by atoms with Crippen molar-refractivity contribution < 1.29 is 18.3 Å². The molecule has 7 heteroatoms. The zero-order valence-electron chi connectivity index (χ0n) is 11.8. The quantitative estimate of drug-likeness (QED) is 0.930. The summed E-state index contributed by atoms with van der Waals surface area (Å²) in [5.41, 5.74) is -1.20. The topological polar surface area (TPSA) is 56.2 Å². The number of imidazole rings is 1. The van der Waals surface area contributed by atoms with Gasteiger partial charge in [-0.3, -0.25) is 4.79 Å². The van der Waals surface area contributed by atoms with Crippen molar-refractivity contribution in [2.45, 2.75) is 57.2 Å². The standard InChI is InChI=1S/C14H19F2N3O2/c15-13(16)14(4-2-1-3-5-14)18-12(20)10-8-19-6-7-21-9-11(19)17-10/h8,13H,1-7,9H2,(H,18,20). The number of fused-ring (bicyclic) bond motifs is 1. The zero-order valence-corrected chi connectivity index (χ0v) is 11.8. The van der Waals surface area contributed by atoms with Crippen LogP contribution in [0.25, 0.3) is 0 Å². The number of amides is 1. The minimum Gasteiger partial charge on any atom is -0.372 e. The highest BCUT2D eigenvalue weighted by atomic mass is 19.3. The maximum Gasteiger partial charge on any atom is 0.272 e. The molecule has 0 radical (unpaired) electrons. The number of hydrogen-bond acceptors (Lipinski definition) is 3. The average Bonchev–Trinajstić information content (AvgIpc) is 2.92. The third-order valence-electron chi connectivity index (χ3n) is 4.33. The Bertz CT molecular complexity index is 501. The fourth-order valence-electron chi connectivity index (χ4n) is 3.07. The number of aromatic nitrogens is 2. The van der Waals surface area contributed by atoms with Gasteiger partial charge in [0.2, 0.25) is 0 Å². The van der Waals surface area contributed by atoms with E-state index in [0.29, 0.717) is 38.4 Å². The lowest BCUT2D eigenvalue weighted by molar-refractivity contribution is 0.00740. The molecule has 2 heterocycles. The maximum atomic E-state index is 13.4. The molecule has 1 N–H and O–H groups in total. The number of ether oxygens (including phenoxy) is 1. The van der Waals surface area contributed by atoms with Gasteiger partial charge in [0.1, 0.15) is 23.7 Å². The molecule has 1 aliphatic carbocycles. The number of carbonyl (C=O) groups excluding carboxylic acids is 1. The van der Waals surface area contributed by atoms with Crippen molar-refractivity contribution in [2.24, 2.45) is 0 Å². The number of halogens is 2. The Morgan fingerprint density at radius 3 is 2.81 bits per heavy atom. The fraction of sp³-hybridized carbons (Fsp3) is 0.714. The number of rotatable bonds is 3. The predicted molar refractivity (Wildman–Crippen MR) is 71.2 cm³/mol. The van der Waals surface area contributed by atoms with E-state index >= 15 is 0 Å². The van der Waals surface area contributed by atoms with Crippen molar-refractivity contribution in [2.75, 3.05) is 6.61 Å². The van der Waals surface area contributed by atoms with Crippen LogP contribution in [0.15, 0.2) is 6.20 Å². The molecule has 0 aromatic carbocycles. The van der Waals surface area contributed by atoms with Gasteiger partial charge in [-0.15, -0.1) is 0 Å². The van der Waals surface area contributed by atoms with Crippen LogP contribution in [0, 0.1) is 0 Å². The summed E-state index contributed by atoms with van der Waals surface area (Å²) >= 11 is 0. The summed E-state index contributed by atoms with van der Waals surface area (Å²) in [4.78, 5) is 16.5. The Morgan fingerprint density at radius 1 is 1.38 bits per heavy atom. The van der Waals surface area contributed by atoms with Crippen LogP contribution in [0.1, 0.15) is 48.4 Å². The highest BCUT2D eigenvalue weighted by Gasteiger charge is 2.42. The first-order chi connectivity index (χ1) is 10.1. The van der Waals surface area contributed by atoms with E-state index in [1.54, 1.807) is 6.20 Å². The molecule has 1 aliphatic heterocycles. The van der Waals surface area contributed by atoms with Gasteiger partial charge in [-0.25, -0.2) is 13.8 Å². The van der Waals surface area contributed by atoms with E-state index in [4.69, 9.17) is 4.74 Å². The molecule has 1 aromatic rings. The smallest absolute Gasteiger partial charge is 0.272 e. The van der Waals surface area contributed by atoms with Crippen molar-refractivity contribution in [3.05, 3.63) is 17.7 Å². The normalized spacial score (nSPS) is 21.1. The summed E-state index contributed by atoms with van der Waals surface area (Å²) in [6.07, 6.45) is 2.11. The second-order valence-electron chi connectivity index (χ2n) is 5.76. The van der Waals surface area contributed by atoms with Crippen LogP contribution in [0.5, 0.6) is 0 Å². The van der Waals surface area contributed by atoms with Gasteiger partial charge in [0, 0.05) is 12.7 Å². The van der Waals surface area contributed by atoms with Gasteiger partial charge < -0.3 is 14.6 Å². The van der Waals surface area contributed by atoms with E-state index in [9.17, 15) is 13.6 Å². The van der Waals surface area contributed by atoms with Crippen LogP contribution < -0.4 is 5.32 Å². The van der Waals surface area contributed by atoms with Crippen LogP contribution in [-0.4, -0.2) is 34.0 Å². The van der Waals surface area contributed by atoms with Gasteiger partial charge >= 0.3 is 0 Å². The van der Waals surface area contributed by atoms with Gasteiger partial charge in [0.15, 0.2) is 0 Å². The van der Waals surface area contributed by atoms with E-state index in [-0.39, 0.29) is 5.69 Å². The lowest BCUT2D eigenvalue weighted by atomic mass is 9.82. The summed E-state index contributed by atoms with van der Waals surface area (Å²) in [6.45, 7) is 1.56. The van der Waals surface area contributed by atoms with Crippen LogP contribution in [-0.2, 0) is 17.9 Å². The van der Waals surface area contributed by atoms with Gasteiger partial charge in [0.05, 0.1) is 6.61 Å². The molecular formula is C14H19F2N3O2. The first-order valence-electron chi connectivity index (χ1n) is 7.35. The molecule has 5 nitrogen and oxygen atoms in total. The molecule has 2 aliphatic rings. The van der Waals surface area contributed by atoms with E-state index in [1.807, 2.05) is 4.57 Å². The van der Waals surface area contributed by atoms with Crippen molar-refractivity contribution in [1.82, 2.24) is 14.9 Å². The predicted octanol–water partition coefficient (Wildman–Crippen LogP) is 2.11. The molecular weight excluding hydrogens is 280 g/mol. The molecule has 3 rings (SSSR count). The first kappa shape index (κ1) is 14.4. The van der Waals surface area contributed by atoms with Crippen LogP contribution in [0.3, 0.4) is 0 Å². The Balaban J connectivity index is 1.76. The molecule has 1 amide bonds. The van der Waals surface area contributed by atoms with Crippen LogP contribution >= 0.6 is 0 Å². The Labute approximate surface area is 121 Å². The van der Waals surface area contributed by atoms with Gasteiger partial charge in [-0.2, -0.15) is 0 Å². The third kappa shape index (κ3) is 2.79. The highest BCUT2D eigenvalue weighted by molar-refractivity contribution is 5.92. The number of nitrogens with one attached hydrogen (secondary N) is 1. The fourth-order valence-corrected chi connectivity index (χ4v) is 3.07. The van der Waals surface area contributed by atoms with Crippen molar-refractivity contribution >= 4 is 5.91 Å². The van der Waals surface area contributed by atoms with Gasteiger partial charge in [-0.1, -0.05) is 19.3 Å². The van der Waals surface area contributed by atoms with Gasteiger partial charge in [-0.05, 0) is 12.8 Å². The van der Waals surface area contributed by atoms with Crippen molar-refractivity contribution in [3.63, 3.8) is 0 Å². The summed E-state index contributed by atoms with van der Waals surface area (Å²) in [5, 5.41) is 2.55. The number of nitrogens with zero attached hydrogens (tertiary/aromatic N) is 2. The molecule has 0 atom stereocenters. The van der Waals surface area contributed by atoms with E-state index in [2.05, 4.69) is 10.3 Å². The molecule has 1 fully saturated rings. The molecule has 0 saturated heterocycles. The third-order valence-corrected chi connectivity index (χ3v) is 4.33. The Morgan fingerprint density at radius 2 is 2.14 bits per heavy atom. The molecule has 0 spiro atoms. The molecule has 116 valence electrons. The molecule has 0 bridgehead atoms. The maximum absolute atomic E-state index is 13.4. The summed E-state index contributed by atoms with van der Waals surface area (Å²) in [5.74, 6) is 0.153. The van der Waals surface area contributed by atoms with E-state index in [0.717, 1.165) is 19.3 Å². The van der Waals surface area contributed by atoms with E-state index < -0.39 is 17.9 Å². The van der Waals surface area contributed by atoms with Crippen LogP contribution in [0.4, 0.5) is 8.78 Å². The summed E-state index contributed by atoms with van der Waals surface area (Å²) in [6, 6.07) is 0. The lowest BCUT2D eigenvalue weighted by Gasteiger charge is -2.37. The van der Waals surface area contributed by atoms with Crippen molar-refractivity contribution in [1.29, 1.82) is 0 Å². The molecule has 0 unspecified atom stereocenters. The molecule has 1 saturated carbocycles. The van der Waals surface area contributed by atoms with Crippen molar-refractivity contribution in [3.8, 4) is 0 Å².